The van der Waals surface area contributed by atoms with Crippen LogP contribution in [-0.4, -0.2) is 38.1 Å². The van der Waals surface area contributed by atoms with E-state index < -0.39 is 17.3 Å². The fourth-order valence-electron chi connectivity index (χ4n) is 2.40. The van der Waals surface area contributed by atoms with E-state index in [0.29, 0.717) is 15.8 Å². The molecule has 3 N–H and O–H groups in total. The van der Waals surface area contributed by atoms with Gasteiger partial charge in [0.1, 0.15) is 5.82 Å². The summed E-state index contributed by atoms with van der Waals surface area (Å²) in [6, 6.07) is 2.87. The van der Waals surface area contributed by atoms with Crippen molar-refractivity contribution in [1.82, 2.24) is 20.3 Å². The van der Waals surface area contributed by atoms with Gasteiger partial charge in [-0.3, -0.25) is 9.78 Å². The number of carbonyl (C=O) groups excluding carboxylic acids is 1. The first-order valence-corrected chi connectivity index (χ1v) is 10.2. The van der Waals surface area contributed by atoms with Crippen LogP contribution in [0.4, 0.5) is 10.3 Å². The van der Waals surface area contributed by atoms with Crippen LogP contribution in [0.3, 0.4) is 0 Å². The molecule has 0 aliphatic heterocycles. The van der Waals surface area contributed by atoms with Gasteiger partial charge in [0.25, 0.3) is 5.91 Å². The van der Waals surface area contributed by atoms with Gasteiger partial charge in [-0.15, -0.1) is 11.3 Å². The molecule has 0 aliphatic carbocycles. The Morgan fingerprint density at radius 3 is 2.69 bits per heavy atom. The van der Waals surface area contributed by atoms with Crippen LogP contribution in [-0.2, 0) is 0 Å². The van der Waals surface area contributed by atoms with Crippen LogP contribution in [0.5, 0.6) is 0 Å². The van der Waals surface area contributed by atoms with Crippen LogP contribution >= 0.6 is 11.3 Å². The molecule has 3 aromatic heterocycles. The minimum Gasteiger partial charge on any atom is -0.389 e. The van der Waals surface area contributed by atoms with E-state index in [4.69, 9.17) is 0 Å². The summed E-state index contributed by atoms with van der Waals surface area (Å²) in [7, 11) is 0. The third-order valence-electron chi connectivity index (χ3n) is 3.77. The number of pyridine rings is 1. The van der Waals surface area contributed by atoms with Crippen LogP contribution in [0.25, 0.3) is 10.2 Å². The molecule has 9 heteroatoms. The average Bonchev–Trinajstić information content (AvgIpc) is 3.15. The summed E-state index contributed by atoms with van der Waals surface area (Å²) in [6.07, 6.45) is 2.69. The summed E-state index contributed by atoms with van der Waals surface area (Å²) in [5.41, 5.74) is 0.468. The zero-order chi connectivity index (χ0) is 21.6. The van der Waals surface area contributed by atoms with Crippen LogP contribution in [0.2, 0.25) is 0 Å². The van der Waals surface area contributed by atoms with Gasteiger partial charge < -0.3 is 15.7 Å². The fraction of sp³-hybridized carbons (Fsp3) is 0.400. The molecule has 0 radical (unpaired) electrons. The topological polar surface area (TPSA) is 100 Å². The molecule has 1 unspecified atom stereocenters. The maximum atomic E-state index is 13.4. The number of carbonyl (C=O) groups is 1. The molecule has 1 atom stereocenters. The maximum absolute atomic E-state index is 13.4. The molecular weight excluding hydrogens is 393 g/mol. The highest BCUT2D eigenvalue weighted by molar-refractivity contribution is 7.17. The van der Waals surface area contributed by atoms with Gasteiger partial charge in [0.15, 0.2) is 5.69 Å². The second-order valence-electron chi connectivity index (χ2n) is 6.83. The molecule has 3 aromatic rings. The highest BCUT2D eigenvalue weighted by Gasteiger charge is 2.20. The van der Waals surface area contributed by atoms with E-state index in [0.717, 1.165) is 6.20 Å². The first-order valence-electron chi connectivity index (χ1n) is 9.36. The van der Waals surface area contributed by atoms with Crippen molar-refractivity contribution in [2.45, 2.75) is 46.3 Å². The van der Waals surface area contributed by atoms with Gasteiger partial charge in [-0.2, -0.15) is 0 Å². The quantitative estimate of drug-likeness (QED) is 0.560. The van der Waals surface area contributed by atoms with Crippen molar-refractivity contribution in [3.8, 4) is 0 Å². The zero-order valence-corrected chi connectivity index (χ0v) is 18.0. The Hall–Kier alpha value is -2.65. The van der Waals surface area contributed by atoms with Crippen molar-refractivity contribution >= 4 is 33.4 Å². The van der Waals surface area contributed by atoms with Crippen molar-refractivity contribution < 1.29 is 14.3 Å². The minimum absolute atomic E-state index is 0.0941. The molecule has 0 aromatic carbocycles. The Kier molecular flexibility index (Phi) is 7.58. The summed E-state index contributed by atoms with van der Waals surface area (Å²) in [4.78, 5) is 25.2. The Bertz CT molecular complexity index is 971. The fourth-order valence-corrected chi connectivity index (χ4v) is 3.22. The highest BCUT2D eigenvalue weighted by Crippen LogP contribution is 2.25. The van der Waals surface area contributed by atoms with Crippen molar-refractivity contribution in [2.24, 2.45) is 0 Å². The SMILES string of the molecule is CC.CC(Nc1nc(C(=O)NCC(C)(C)O)c2sccc2n1)c1cncc(F)c1. The van der Waals surface area contributed by atoms with E-state index in [2.05, 4.69) is 25.6 Å². The van der Waals surface area contributed by atoms with E-state index in [1.807, 2.05) is 26.2 Å². The number of halogens is 1. The molecule has 3 heterocycles. The Balaban J connectivity index is 0.00000145. The summed E-state index contributed by atoms with van der Waals surface area (Å²) in [6.45, 7) is 9.13. The number of aromatic nitrogens is 3. The van der Waals surface area contributed by atoms with Gasteiger partial charge in [0.2, 0.25) is 5.95 Å². The summed E-state index contributed by atoms with van der Waals surface area (Å²) in [5, 5.41) is 17.4. The van der Waals surface area contributed by atoms with Crippen LogP contribution in [0, 0.1) is 5.82 Å². The van der Waals surface area contributed by atoms with E-state index >= 15 is 0 Å². The van der Waals surface area contributed by atoms with Crippen molar-refractivity contribution in [3.63, 3.8) is 0 Å². The molecule has 0 aliphatic rings. The van der Waals surface area contributed by atoms with Crippen LogP contribution in [0.15, 0.2) is 29.9 Å². The molecule has 156 valence electrons. The third-order valence-corrected chi connectivity index (χ3v) is 4.68. The highest BCUT2D eigenvalue weighted by atomic mass is 32.1. The normalized spacial score (nSPS) is 12.1. The minimum atomic E-state index is -1.03. The first-order chi connectivity index (χ1) is 13.7. The number of nitrogens with zero attached hydrogens (tertiary/aromatic N) is 3. The lowest BCUT2D eigenvalue weighted by Crippen LogP contribution is -2.38. The van der Waals surface area contributed by atoms with Gasteiger partial charge in [-0.05, 0) is 43.8 Å². The molecule has 29 heavy (non-hydrogen) atoms. The van der Waals surface area contributed by atoms with Crippen LogP contribution in [0.1, 0.15) is 56.7 Å². The van der Waals surface area contributed by atoms with E-state index in [9.17, 15) is 14.3 Å². The number of anilines is 1. The predicted octanol–water partition coefficient (Wildman–Crippen LogP) is 3.93. The van der Waals surface area contributed by atoms with E-state index in [-0.39, 0.29) is 24.2 Å². The number of amides is 1. The molecular formula is C20H26FN5O2S. The van der Waals surface area contributed by atoms with E-state index in [1.165, 1.54) is 17.4 Å². The zero-order valence-electron chi connectivity index (χ0n) is 17.2. The third kappa shape index (κ3) is 6.16. The number of aliphatic hydroxyl groups is 1. The van der Waals surface area contributed by atoms with Gasteiger partial charge in [-0.25, -0.2) is 14.4 Å². The van der Waals surface area contributed by atoms with Crippen molar-refractivity contribution in [3.05, 3.63) is 47.0 Å². The Labute approximate surface area is 173 Å². The molecule has 3 rings (SSSR count). The second kappa shape index (κ2) is 9.71. The Morgan fingerprint density at radius 2 is 2.03 bits per heavy atom. The molecule has 0 spiro atoms. The maximum Gasteiger partial charge on any atom is 0.271 e. The summed E-state index contributed by atoms with van der Waals surface area (Å²) >= 11 is 1.37. The first kappa shape index (κ1) is 22.6. The second-order valence-corrected chi connectivity index (χ2v) is 7.74. The van der Waals surface area contributed by atoms with Crippen LogP contribution < -0.4 is 10.6 Å². The number of hydrogen-bond acceptors (Lipinski definition) is 7. The molecule has 0 fully saturated rings. The smallest absolute Gasteiger partial charge is 0.271 e. The monoisotopic (exact) mass is 419 g/mol. The lowest BCUT2D eigenvalue weighted by atomic mass is 10.1. The average molecular weight is 420 g/mol. The lowest BCUT2D eigenvalue weighted by Gasteiger charge is -2.18. The van der Waals surface area contributed by atoms with E-state index in [1.54, 1.807) is 26.1 Å². The van der Waals surface area contributed by atoms with Crippen molar-refractivity contribution in [1.29, 1.82) is 0 Å². The van der Waals surface area contributed by atoms with Gasteiger partial charge >= 0.3 is 0 Å². The molecule has 0 bridgehead atoms. The van der Waals surface area contributed by atoms with Gasteiger partial charge in [-0.1, -0.05) is 13.8 Å². The number of fused-ring (bicyclic) bond motifs is 1. The summed E-state index contributed by atoms with van der Waals surface area (Å²) < 4.78 is 14.1. The van der Waals surface area contributed by atoms with Gasteiger partial charge in [0, 0.05) is 12.7 Å². The molecule has 1 amide bonds. The van der Waals surface area contributed by atoms with Gasteiger partial charge in [0.05, 0.1) is 28.1 Å². The molecule has 0 saturated carbocycles. The largest absolute Gasteiger partial charge is 0.389 e. The number of hydrogen-bond donors (Lipinski definition) is 3. The number of rotatable bonds is 6. The lowest BCUT2D eigenvalue weighted by molar-refractivity contribution is 0.0693. The predicted molar refractivity (Wildman–Crippen MR) is 114 cm³/mol. The molecule has 0 saturated heterocycles. The Morgan fingerprint density at radius 1 is 1.31 bits per heavy atom. The number of nitrogens with one attached hydrogen (secondary N) is 2. The number of thiophene rings is 1. The summed E-state index contributed by atoms with van der Waals surface area (Å²) in [5.74, 6) is -0.566. The van der Waals surface area contributed by atoms with Crippen molar-refractivity contribution in [2.75, 3.05) is 11.9 Å². The standard InChI is InChI=1S/C18H20FN5O2S.C2H6/c1-10(11-6-12(19)8-20-7-11)22-17-23-13-4-5-27-15(13)14(24-17)16(25)21-9-18(2,3)26;1-2/h4-8,10,26H,9H2,1-3H3,(H,21,25)(H,22,23,24);1-2H3. The molecule has 7 nitrogen and oxygen atoms in total.